The molecule has 1 heterocycles. The zero-order valence-corrected chi connectivity index (χ0v) is 14.6. The minimum absolute atomic E-state index is 0.0319. The van der Waals surface area contributed by atoms with Gasteiger partial charge in [0.05, 0.1) is 10.6 Å². The molecule has 1 aromatic rings. The first-order valence-electron chi connectivity index (χ1n) is 7.92. The van der Waals surface area contributed by atoms with Gasteiger partial charge in [0.2, 0.25) is 0 Å². The highest BCUT2D eigenvalue weighted by Gasteiger charge is 2.32. The van der Waals surface area contributed by atoms with E-state index in [0.29, 0.717) is 43.2 Å². The Morgan fingerprint density at radius 1 is 1.35 bits per heavy atom. The Morgan fingerprint density at radius 2 is 2.09 bits per heavy atom. The minimum Gasteiger partial charge on any atom is -0.482 e. The van der Waals surface area contributed by atoms with Gasteiger partial charge in [0, 0.05) is 19.6 Å². The second-order valence-corrected chi connectivity index (χ2v) is 6.82. The van der Waals surface area contributed by atoms with Gasteiger partial charge in [0.15, 0.2) is 6.61 Å². The van der Waals surface area contributed by atoms with Gasteiger partial charge in [-0.05, 0) is 45.5 Å². The summed E-state index contributed by atoms with van der Waals surface area (Å²) in [6.07, 6.45) is 2.09. The van der Waals surface area contributed by atoms with Crippen LogP contribution in [0.15, 0.2) is 24.3 Å². The summed E-state index contributed by atoms with van der Waals surface area (Å²) < 4.78 is 5.52. The molecular weight excluding hydrogens is 316 g/mol. The predicted octanol–water partition coefficient (Wildman–Crippen LogP) is 2.02. The predicted molar refractivity (Wildman–Crippen MR) is 90.9 cm³/mol. The van der Waals surface area contributed by atoms with E-state index >= 15 is 0 Å². The van der Waals surface area contributed by atoms with Gasteiger partial charge in [-0.15, -0.1) is 0 Å². The first-order chi connectivity index (χ1) is 10.9. The van der Waals surface area contributed by atoms with E-state index in [1.165, 1.54) is 0 Å². The van der Waals surface area contributed by atoms with Crippen LogP contribution in [0.5, 0.6) is 5.75 Å². The van der Waals surface area contributed by atoms with Crippen LogP contribution in [0.3, 0.4) is 0 Å². The number of likely N-dealkylation sites (N-methyl/N-ethyl adjacent to an activating group) is 1. The van der Waals surface area contributed by atoms with E-state index in [1.807, 2.05) is 31.1 Å². The average molecular weight is 341 g/mol. The summed E-state index contributed by atoms with van der Waals surface area (Å²) in [4.78, 5) is 16.1. The smallest absolute Gasteiger partial charge is 0.260 e. The van der Waals surface area contributed by atoms with Crippen molar-refractivity contribution in [1.29, 1.82) is 0 Å². The van der Waals surface area contributed by atoms with E-state index in [0.717, 1.165) is 6.42 Å². The standard InChI is InChI=1S/C17H25ClN2O3/c1-19(2)13-17(22)8-5-10-20(11-9-17)16(21)12-23-15-7-4-3-6-14(15)18/h3-4,6-7,22H,5,8-13H2,1-2H3/t17-/m0/s1. The van der Waals surface area contributed by atoms with E-state index in [4.69, 9.17) is 16.3 Å². The molecule has 0 bridgehead atoms. The SMILES string of the molecule is CN(C)C[C@]1(O)CCCN(C(=O)COc2ccccc2Cl)CC1. The van der Waals surface area contributed by atoms with Crippen molar-refractivity contribution < 1.29 is 14.6 Å². The number of ether oxygens (including phenoxy) is 1. The van der Waals surface area contributed by atoms with Crippen molar-refractivity contribution >= 4 is 17.5 Å². The van der Waals surface area contributed by atoms with E-state index in [9.17, 15) is 9.90 Å². The lowest BCUT2D eigenvalue weighted by atomic mass is 9.94. The fraction of sp³-hybridized carbons (Fsp3) is 0.588. The summed E-state index contributed by atoms with van der Waals surface area (Å²) in [5.41, 5.74) is -0.720. The molecular formula is C17H25ClN2O3. The van der Waals surface area contributed by atoms with Crippen molar-refractivity contribution in [2.24, 2.45) is 0 Å². The van der Waals surface area contributed by atoms with Crippen LogP contribution in [0.25, 0.3) is 0 Å². The molecule has 1 saturated heterocycles. The number of hydrogen-bond donors (Lipinski definition) is 1. The van der Waals surface area contributed by atoms with Crippen LogP contribution in [-0.4, -0.2) is 66.8 Å². The maximum absolute atomic E-state index is 12.3. The number of rotatable bonds is 5. The van der Waals surface area contributed by atoms with E-state index in [1.54, 1.807) is 17.0 Å². The number of carbonyl (C=O) groups excluding carboxylic acids is 1. The van der Waals surface area contributed by atoms with Crippen molar-refractivity contribution in [1.82, 2.24) is 9.80 Å². The van der Waals surface area contributed by atoms with Gasteiger partial charge in [0.1, 0.15) is 5.75 Å². The zero-order chi connectivity index (χ0) is 16.9. The van der Waals surface area contributed by atoms with E-state index in [-0.39, 0.29) is 12.5 Å². The number of hydrogen-bond acceptors (Lipinski definition) is 4. The number of amides is 1. The summed E-state index contributed by atoms with van der Waals surface area (Å²) in [5.74, 6) is 0.445. The highest BCUT2D eigenvalue weighted by Crippen LogP contribution is 2.25. The third-order valence-corrected chi connectivity index (χ3v) is 4.38. The molecule has 0 radical (unpaired) electrons. The molecule has 1 N–H and O–H groups in total. The van der Waals surface area contributed by atoms with Gasteiger partial charge in [-0.3, -0.25) is 4.79 Å². The highest BCUT2D eigenvalue weighted by molar-refractivity contribution is 6.32. The van der Waals surface area contributed by atoms with Gasteiger partial charge in [-0.25, -0.2) is 0 Å². The summed E-state index contributed by atoms with van der Waals surface area (Å²) in [7, 11) is 3.90. The molecule has 5 nitrogen and oxygen atoms in total. The van der Waals surface area contributed by atoms with Crippen LogP contribution in [0.4, 0.5) is 0 Å². The first kappa shape index (κ1) is 18.0. The molecule has 0 unspecified atom stereocenters. The summed E-state index contributed by atoms with van der Waals surface area (Å²) in [5, 5.41) is 11.1. The molecule has 1 fully saturated rings. The maximum Gasteiger partial charge on any atom is 0.260 e. The Balaban J connectivity index is 1.87. The zero-order valence-electron chi connectivity index (χ0n) is 13.8. The van der Waals surface area contributed by atoms with Crippen LogP contribution in [0.1, 0.15) is 19.3 Å². The van der Waals surface area contributed by atoms with Crippen molar-refractivity contribution in [3.05, 3.63) is 29.3 Å². The van der Waals surface area contributed by atoms with Crippen LogP contribution < -0.4 is 4.74 Å². The largest absolute Gasteiger partial charge is 0.482 e. The number of halogens is 1. The Morgan fingerprint density at radius 3 is 2.78 bits per heavy atom. The molecule has 1 aromatic carbocycles. The summed E-state index contributed by atoms with van der Waals surface area (Å²) >= 11 is 6.02. The molecule has 0 aromatic heterocycles. The van der Waals surface area contributed by atoms with Crippen molar-refractivity contribution in [2.75, 3.05) is 40.3 Å². The molecule has 1 aliphatic rings. The molecule has 128 valence electrons. The third kappa shape index (κ3) is 5.37. The van der Waals surface area contributed by atoms with Gasteiger partial charge < -0.3 is 19.6 Å². The van der Waals surface area contributed by atoms with E-state index in [2.05, 4.69) is 0 Å². The second-order valence-electron chi connectivity index (χ2n) is 6.42. The van der Waals surface area contributed by atoms with E-state index < -0.39 is 5.60 Å². The molecule has 1 aliphatic heterocycles. The van der Waals surface area contributed by atoms with Crippen LogP contribution in [0.2, 0.25) is 5.02 Å². The fourth-order valence-corrected chi connectivity index (χ4v) is 3.16. The van der Waals surface area contributed by atoms with Crippen molar-refractivity contribution in [2.45, 2.75) is 24.9 Å². The molecule has 2 rings (SSSR count). The average Bonchev–Trinajstić information content (AvgIpc) is 2.67. The topological polar surface area (TPSA) is 53.0 Å². The quantitative estimate of drug-likeness (QED) is 0.891. The summed E-state index contributed by atoms with van der Waals surface area (Å²) in [6, 6.07) is 7.11. The molecule has 1 atom stereocenters. The molecule has 6 heteroatoms. The molecule has 0 aliphatic carbocycles. The number of para-hydroxylation sites is 1. The van der Waals surface area contributed by atoms with Gasteiger partial charge in [-0.1, -0.05) is 23.7 Å². The third-order valence-electron chi connectivity index (χ3n) is 4.07. The molecule has 23 heavy (non-hydrogen) atoms. The number of aliphatic hydroxyl groups is 1. The number of nitrogens with zero attached hydrogens (tertiary/aromatic N) is 2. The summed E-state index contributed by atoms with van der Waals surface area (Å²) in [6.45, 7) is 1.79. The lowest BCUT2D eigenvalue weighted by Crippen LogP contribution is -2.42. The second kappa shape index (κ2) is 7.99. The Kier molecular flexibility index (Phi) is 6.27. The lowest BCUT2D eigenvalue weighted by Gasteiger charge is -2.29. The van der Waals surface area contributed by atoms with Crippen molar-refractivity contribution in [3.8, 4) is 5.75 Å². The highest BCUT2D eigenvalue weighted by atomic mass is 35.5. The molecule has 0 saturated carbocycles. The Bertz CT molecular complexity index is 538. The van der Waals surface area contributed by atoms with Crippen LogP contribution in [0, 0.1) is 0 Å². The lowest BCUT2D eigenvalue weighted by molar-refractivity contribution is -0.133. The molecule has 1 amide bonds. The Labute approximate surface area is 142 Å². The Hall–Kier alpha value is -1.30. The molecule has 0 spiro atoms. The maximum atomic E-state index is 12.3. The van der Waals surface area contributed by atoms with Gasteiger partial charge >= 0.3 is 0 Å². The van der Waals surface area contributed by atoms with Crippen LogP contribution >= 0.6 is 11.6 Å². The monoisotopic (exact) mass is 340 g/mol. The van der Waals surface area contributed by atoms with Gasteiger partial charge in [-0.2, -0.15) is 0 Å². The minimum atomic E-state index is -0.720. The number of benzene rings is 1. The first-order valence-corrected chi connectivity index (χ1v) is 8.30. The van der Waals surface area contributed by atoms with Crippen LogP contribution in [-0.2, 0) is 4.79 Å². The normalized spacial score (nSPS) is 22.0. The number of carbonyl (C=O) groups is 1. The number of likely N-dealkylation sites (tertiary alicyclic amines) is 1. The van der Waals surface area contributed by atoms with Crippen molar-refractivity contribution in [3.63, 3.8) is 0 Å². The fourth-order valence-electron chi connectivity index (χ4n) is 2.97. The van der Waals surface area contributed by atoms with Gasteiger partial charge in [0.25, 0.3) is 5.91 Å².